The second kappa shape index (κ2) is 10.3. The standard InChI is InChI=1S/C21H26N2O6S/c1-12(2)29-21(25)18-14(4)22-13(3)17(20(24)28-9-10-30-5)19(18)15-7-6-8-16(11-15)23(26)27/h6-8,11-12,19,22H,9-10H2,1-5H3/t19-/m0/s1. The molecule has 8 nitrogen and oxygen atoms in total. The van der Waals surface area contributed by atoms with E-state index in [1.165, 1.54) is 30.0 Å². The molecule has 0 saturated carbocycles. The lowest BCUT2D eigenvalue weighted by atomic mass is 9.80. The molecule has 0 aliphatic carbocycles. The van der Waals surface area contributed by atoms with Crippen molar-refractivity contribution in [1.29, 1.82) is 0 Å². The third kappa shape index (κ3) is 5.41. The van der Waals surface area contributed by atoms with Gasteiger partial charge in [-0.1, -0.05) is 12.1 Å². The minimum atomic E-state index is -0.848. The first-order chi connectivity index (χ1) is 14.2. The van der Waals surface area contributed by atoms with Gasteiger partial charge in [-0.25, -0.2) is 9.59 Å². The topological polar surface area (TPSA) is 108 Å². The summed E-state index contributed by atoms with van der Waals surface area (Å²) >= 11 is 1.54. The summed E-state index contributed by atoms with van der Waals surface area (Å²) in [4.78, 5) is 36.7. The Bertz CT molecular complexity index is 907. The molecule has 1 heterocycles. The Morgan fingerprint density at radius 2 is 1.83 bits per heavy atom. The predicted molar refractivity (Wildman–Crippen MR) is 115 cm³/mol. The van der Waals surface area contributed by atoms with Crippen LogP contribution in [0.1, 0.15) is 39.2 Å². The highest BCUT2D eigenvalue weighted by Crippen LogP contribution is 2.40. The molecule has 162 valence electrons. The van der Waals surface area contributed by atoms with Gasteiger partial charge < -0.3 is 14.8 Å². The fraction of sp³-hybridized carbons (Fsp3) is 0.429. The number of thioether (sulfide) groups is 1. The van der Waals surface area contributed by atoms with Crippen molar-refractivity contribution in [2.45, 2.75) is 39.7 Å². The summed E-state index contributed by atoms with van der Waals surface area (Å²) in [5, 5.41) is 14.4. The van der Waals surface area contributed by atoms with Crippen molar-refractivity contribution in [2.75, 3.05) is 18.6 Å². The first-order valence-electron chi connectivity index (χ1n) is 9.47. The fourth-order valence-corrected chi connectivity index (χ4v) is 3.51. The number of dihydropyridines is 1. The van der Waals surface area contributed by atoms with Crippen LogP contribution < -0.4 is 5.32 Å². The van der Waals surface area contributed by atoms with Gasteiger partial charge in [0.2, 0.25) is 0 Å². The summed E-state index contributed by atoms with van der Waals surface area (Å²) in [5.41, 5.74) is 1.82. The second-order valence-corrected chi connectivity index (χ2v) is 8.06. The number of hydrogen-bond donors (Lipinski definition) is 1. The Balaban J connectivity index is 2.60. The highest BCUT2D eigenvalue weighted by Gasteiger charge is 2.38. The maximum absolute atomic E-state index is 12.9. The first kappa shape index (κ1) is 23.5. The monoisotopic (exact) mass is 434 g/mol. The van der Waals surface area contributed by atoms with E-state index in [2.05, 4.69) is 5.32 Å². The molecule has 0 bridgehead atoms. The number of nitrogens with zero attached hydrogens (tertiary/aromatic N) is 1. The number of hydrogen-bond acceptors (Lipinski definition) is 8. The Kier molecular flexibility index (Phi) is 8.05. The van der Waals surface area contributed by atoms with E-state index in [9.17, 15) is 19.7 Å². The van der Waals surface area contributed by atoms with E-state index < -0.39 is 22.8 Å². The zero-order valence-corrected chi connectivity index (χ0v) is 18.5. The van der Waals surface area contributed by atoms with E-state index in [-0.39, 0.29) is 29.5 Å². The van der Waals surface area contributed by atoms with Gasteiger partial charge in [0.05, 0.1) is 28.1 Å². The molecule has 1 N–H and O–H groups in total. The van der Waals surface area contributed by atoms with E-state index in [0.717, 1.165) is 0 Å². The van der Waals surface area contributed by atoms with E-state index in [4.69, 9.17) is 9.47 Å². The SMILES string of the molecule is CSCCOC(=O)C1=C(C)NC(C)=C(C(=O)OC(C)C)[C@H]1c1cccc([N+](=O)[O-])c1. The van der Waals surface area contributed by atoms with Crippen LogP contribution in [0.4, 0.5) is 5.69 Å². The number of nitro benzene ring substituents is 1. The normalized spacial score (nSPS) is 16.4. The van der Waals surface area contributed by atoms with Crippen LogP contribution in [0.25, 0.3) is 0 Å². The number of non-ortho nitro benzene ring substituents is 1. The molecule has 2 rings (SSSR count). The number of nitro groups is 1. The molecule has 0 radical (unpaired) electrons. The van der Waals surface area contributed by atoms with Crippen molar-refractivity contribution in [3.63, 3.8) is 0 Å². The molecule has 0 aromatic heterocycles. The highest BCUT2D eigenvalue weighted by atomic mass is 32.2. The second-order valence-electron chi connectivity index (χ2n) is 7.07. The average Bonchev–Trinajstić information content (AvgIpc) is 2.66. The molecular weight excluding hydrogens is 408 g/mol. The minimum absolute atomic E-state index is 0.131. The summed E-state index contributed by atoms with van der Waals surface area (Å²) in [6.07, 6.45) is 1.53. The van der Waals surface area contributed by atoms with Crippen molar-refractivity contribution >= 4 is 29.4 Å². The largest absolute Gasteiger partial charge is 0.461 e. The van der Waals surface area contributed by atoms with Crippen LogP contribution in [0, 0.1) is 10.1 Å². The molecule has 30 heavy (non-hydrogen) atoms. The highest BCUT2D eigenvalue weighted by molar-refractivity contribution is 7.98. The smallest absolute Gasteiger partial charge is 0.337 e. The molecule has 1 aliphatic heterocycles. The van der Waals surface area contributed by atoms with E-state index in [0.29, 0.717) is 22.7 Å². The number of carbonyl (C=O) groups is 2. The number of nitrogens with one attached hydrogen (secondary N) is 1. The zero-order chi connectivity index (χ0) is 22.4. The number of esters is 2. The van der Waals surface area contributed by atoms with Gasteiger partial charge >= 0.3 is 11.9 Å². The lowest BCUT2D eigenvalue weighted by Gasteiger charge is -2.30. The van der Waals surface area contributed by atoms with Crippen molar-refractivity contribution in [3.8, 4) is 0 Å². The van der Waals surface area contributed by atoms with Gasteiger partial charge in [0.25, 0.3) is 5.69 Å². The molecule has 0 fully saturated rings. The van der Waals surface area contributed by atoms with E-state index in [1.807, 2.05) is 6.26 Å². The summed E-state index contributed by atoms with van der Waals surface area (Å²) in [6.45, 7) is 7.09. The minimum Gasteiger partial charge on any atom is -0.461 e. The molecule has 0 saturated heterocycles. The molecule has 9 heteroatoms. The van der Waals surface area contributed by atoms with Crippen LogP contribution in [0.3, 0.4) is 0 Å². The predicted octanol–water partition coefficient (Wildman–Crippen LogP) is 3.69. The lowest BCUT2D eigenvalue weighted by Crippen LogP contribution is -2.33. The Morgan fingerprint density at radius 1 is 1.20 bits per heavy atom. The maximum atomic E-state index is 12.9. The number of ether oxygens (including phenoxy) is 2. The third-order valence-electron chi connectivity index (χ3n) is 4.48. The van der Waals surface area contributed by atoms with Crippen molar-refractivity contribution in [1.82, 2.24) is 5.32 Å². The molecule has 0 spiro atoms. The van der Waals surface area contributed by atoms with E-state index in [1.54, 1.807) is 33.8 Å². The van der Waals surface area contributed by atoms with Gasteiger partial charge in [-0.05, 0) is 39.5 Å². The number of carbonyl (C=O) groups excluding carboxylic acids is 2. The van der Waals surface area contributed by atoms with Gasteiger partial charge in [-0.15, -0.1) is 0 Å². The Labute approximate surface area is 179 Å². The summed E-state index contributed by atoms with van der Waals surface area (Å²) in [5.74, 6) is -1.38. The number of allylic oxidation sites excluding steroid dienone is 2. The van der Waals surface area contributed by atoms with Crippen molar-refractivity contribution in [2.24, 2.45) is 0 Å². The summed E-state index contributed by atoms with van der Waals surface area (Å²) in [6, 6.07) is 5.91. The van der Waals surface area contributed by atoms with Gasteiger partial charge in [0, 0.05) is 29.3 Å². The molecule has 1 atom stereocenters. The van der Waals surface area contributed by atoms with Crippen molar-refractivity contribution in [3.05, 3.63) is 62.5 Å². The van der Waals surface area contributed by atoms with Crippen LogP contribution in [-0.2, 0) is 19.1 Å². The van der Waals surface area contributed by atoms with Crippen LogP contribution in [0.5, 0.6) is 0 Å². The maximum Gasteiger partial charge on any atom is 0.337 e. The van der Waals surface area contributed by atoms with Gasteiger partial charge in [-0.2, -0.15) is 11.8 Å². The number of benzene rings is 1. The van der Waals surface area contributed by atoms with Crippen molar-refractivity contribution < 1.29 is 24.0 Å². The molecular formula is C21H26N2O6S. The lowest BCUT2D eigenvalue weighted by molar-refractivity contribution is -0.384. The molecule has 0 unspecified atom stereocenters. The Morgan fingerprint density at radius 3 is 2.40 bits per heavy atom. The van der Waals surface area contributed by atoms with Gasteiger partial charge in [-0.3, -0.25) is 10.1 Å². The zero-order valence-electron chi connectivity index (χ0n) is 17.7. The number of rotatable bonds is 8. The van der Waals surface area contributed by atoms with E-state index >= 15 is 0 Å². The third-order valence-corrected chi connectivity index (χ3v) is 5.05. The van der Waals surface area contributed by atoms with Gasteiger partial charge in [0.1, 0.15) is 6.61 Å². The Hall–Kier alpha value is -2.81. The fourth-order valence-electron chi connectivity index (χ4n) is 3.26. The van der Waals surface area contributed by atoms with Crippen LogP contribution in [0.2, 0.25) is 0 Å². The molecule has 1 aromatic carbocycles. The quantitative estimate of drug-likeness (QED) is 0.286. The molecule has 0 amide bonds. The van der Waals surface area contributed by atoms with Crippen LogP contribution in [0.15, 0.2) is 46.8 Å². The summed E-state index contributed by atoms with van der Waals surface area (Å²) in [7, 11) is 0. The average molecular weight is 435 g/mol. The van der Waals surface area contributed by atoms with Crippen LogP contribution in [-0.4, -0.2) is 41.6 Å². The molecule has 1 aliphatic rings. The van der Waals surface area contributed by atoms with Crippen LogP contribution >= 0.6 is 11.8 Å². The first-order valence-corrected chi connectivity index (χ1v) is 10.9. The summed E-state index contributed by atoms with van der Waals surface area (Å²) < 4.78 is 10.8. The van der Waals surface area contributed by atoms with Gasteiger partial charge in [0.15, 0.2) is 0 Å². The molecule has 1 aromatic rings.